The van der Waals surface area contributed by atoms with Crippen LogP contribution in [0.25, 0.3) is 0 Å². The third-order valence-corrected chi connectivity index (χ3v) is 1.60. The summed E-state index contributed by atoms with van der Waals surface area (Å²) in [6.45, 7) is 1.61. The van der Waals surface area contributed by atoms with E-state index in [0.717, 1.165) is 6.08 Å². The number of rotatable bonds is 1. The highest BCUT2D eigenvalue weighted by Gasteiger charge is 2.35. The van der Waals surface area contributed by atoms with Gasteiger partial charge in [-0.2, -0.15) is 0 Å². The largest absolute Gasteiger partial charge is 0.523 e. The van der Waals surface area contributed by atoms with Crippen LogP contribution in [-0.2, 0) is 4.74 Å². The summed E-state index contributed by atoms with van der Waals surface area (Å²) in [6.07, 6.45) is -3.83. The maximum absolute atomic E-state index is 12.8. The van der Waals surface area contributed by atoms with Gasteiger partial charge in [-0.1, -0.05) is 11.6 Å². The van der Waals surface area contributed by atoms with Crippen LogP contribution in [0.3, 0.4) is 0 Å². The molecule has 0 N–H and O–H groups in total. The Bertz CT molecular complexity index is 251. The first-order valence-electron chi connectivity index (χ1n) is 3.67. The molecule has 74 valence electrons. The Hall–Kier alpha value is -0.840. The second-order valence-corrected chi connectivity index (χ2v) is 2.77. The summed E-state index contributed by atoms with van der Waals surface area (Å²) in [5.41, 5.74) is 0.611. The number of hydrogen-bond donors (Lipinski definition) is 0. The first kappa shape index (κ1) is 10.2. The molecule has 0 aliphatic heterocycles. The minimum Gasteiger partial charge on any atom is -0.281 e. The van der Waals surface area contributed by atoms with Crippen molar-refractivity contribution >= 4 is 0 Å². The molecule has 0 aromatic carbocycles. The van der Waals surface area contributed by atoms with E-state index in [1.165, 1.54) is 6.08 Å². The fourth-order valence-electron chi connectivity index (χ4n) is 1.04. The molecular weight excluding hydrogens is 188 g/mol. The van der Waals surface area contributed by atoms with Gasteiger partial charge < -0.3 is 0 Å². The van der Waals surface area contributed by atoms with Crippen molar-refractivity contribution in [1.29, 1.82) is 0 Å². The molecule has 13 heavy (non-hydrogen) atoms. The van der Waals surface area contributed by atoms with Crippen LogP contribution in [-0.4, -0.2) is 12.5 Å². The van der Waals surface area contributed by atoms with Crippen molar-refractivity contribution in [2.75, 3.05) is 0 Å². The minimum atomic E-state index is -4.78. The maximum atomic E-state index is 12.8. The van der Waals surface area contributed by atoms with Gasteiger partial charge in [-0.3, -0.25) is 4.74 Å². The lowest BCUT2D eigenvalue weighted by Gasteiger charge is -2.19. The molecule has 0 radical (unpaired) electrons. The highest BCUT2D eigenvalue weighted by atomic mass is 19.4. The van der Waals surface area contributed by atoms with Crippen LogP contribution in [0.15, 0.2) is 23.6 Å². The Labute approximate surface area is 72.7 Å². The Balaban J connectivity index is 2.62. The number of alkyl halides is 3. The summed E-state index contributed by atoms with van der Waals surface area (Å²) in [6, 6.07) is 0. The maximum Gasteiger partial charge on any atom is 0.523 e. The second-order valence-electron chi connectivity index (χ2n) is 2.77. The molecule has 1 rings (SSSR count). The highest BCUT2D eigenvalue weighted by molar-refractivity contribution is 5.25. The van der Waals surface area contributed by atoms with Crippen molar-refractivity contribution in [2.24, 2.45) is 0 Å². The number of hydrogen-bond acceptors (Lipinski definition) is 1. The zero-order valence-electron chi connectivity index (χ0n) is 6.86. The molecule has 0 heterocycles. The standard InChI is InChI=1S/C8H8F4O/c1-5-2-3-7(6(9)4-5)13-8(10,11)12/h2,4,7H,3H2,1H3. The van der Waals surface area contributed by atoms with Gasteiger partial charge in [-0.15, -0.1) is 13.2 Å². The van der Waals surface area contributed by atoms with Gasteiger partial charge in [0.2, 0.25) is 0 Å². The lowest BCUT2D eigenvalue weighted by molar-refractivity contribution is -0.339. The van der Waals surface area contributed by atoms with Crippen molar-refractivity contribution in [3.63, 3.8) is 0 Å². The van der Waals surface area contributed by atoms with Gasteiger partial charge in [0.25, 0.3) is 0 Å². The molecule has 0 aromatic rings. The van der Waals surface area contributed by atoms with Crippen molar-refractivity contribution in [1.82, 2.24) is 0 Å². The van der Waals surface area contributed by atoms with Crippen LogP contribution in [0.4, 0.5) is 17.6 Å². The molecule has 0 amide bonds. The predicted molar refractivity (Wildman–Crippen MR) is 38.5 cm³/mol. The fourth-order valence-corrected chi connectivity index (χ4v) is 1.04. The summed E-state index contributed by atoms with van der Waals surface area (Å²) < 4.78 is 51.4. The van der Waals surface area contributed by atoms with Crippen LogP contribution >= 0.6 is 0 Å². The molecule has 1 aliphatic rings. The fraction of sp³-hybridized carbons (Fsp3) is 0.500. The van der Waals surface area contributed by atoms with Crippen molar-refractivity contribution in [3.05, 3.63) is 23.6 Å². The zero-order valence-corrected chi connectivity index (χ0v) is 6.86. The van der Waals surface area contributed by atoms with E-state index in [4.69, 9.17) is 0 Å². The molecule has 1 aliphatic carbocycles. The topological polar surface area (TPSA) is 9.23 Å². The molecule has 1 unspecified atom stereocenters. The molecule has 1 nitrogen and oxygen atoms in total. The third-order valence-electron chi connectivity index (χ3n) is 1.60. The van der Waals surface area contributed by atoms with E-state index < -0.39 is 18.3 Å². The number of ether oxygens (including phenoxy) is 1. The van der Waals surface area contributed by atoms with E-state index in [1.807, 2.05) is 0 Å². The van der Waals surface area contributed by atoms with Crippen LogP contribution in [0.2, 0.25) is 0 Å². The number of halogens is 4. The van der Waals surface area contributed by atoms with E-state index in [9.17, 15) is 17.6 Å². The van der Waals surface area contributed by atoms with E-state index in [-0.39, 0.29) is 6.42 Å². The van der Waals surface area contributed by atoms with Gasteiger partial charge in [0.05, 0.1) is 0 Å². The van der Waals surface area contributed by atoms with Crippen LogP contribution in [0.1, 0.15) is 13.3 Å². The first-order valence-corrected chi connectivity index (χ1v) is 3.67. The average molecular weight is 196 g/mol. The summed E-state index contributed by atoms with van der Waals surface area (Å²) in [7, 11) is 0. The van der Waals surface area contributed by atoms with E-state index in [2.05, 4.69) is 4.74 Å². The average Bonchev–Trinajstić information content (AvgIpc) is 1.93. The smallest absolute Gasteiger partial charge is 0.281 e. The highest BCUT2D eigenvalue weighted by Crippen LogP contribution is 2.28. The van der Waals surface area contributed by atoms with Gasteiger partial charge in [0.15, 0.2) is 0 Å². The Morgan fingerprint density at radius 3 is 2.54 bits per heavy atom. The zero-order chi connectivity index (χ0) is 10.1. The van der Waals surface area contributed by atoms with Crippen LogP contribution in [0, 0.1) is 0 Å². The van der Waals surface area contributed by atoms with E-state index in [0.29, 0.717) is 5.57 Å². The summed E-state index contributed by atoms with van der Waals surface area (Å²) in [4.78, 5) is 0. The van der Waals surface area contributed by atoms with Crippen molar-refractivity contribution in [3.8, 4) is 0 Å². The molecular formula is C8H8F4O. The number of allylic oxidation sites excluding steroid dienone is 2. The van der Waals surface area contributed by atoms with Crippen molar-refractivity contribution < 1.29 is 22.3 Å². The summed E-state index contributed by atoms with van der Waals surface area (Å²) >= 11 is 0. The summed E-state index contributed by atoms with van der Waals surface area (Å²) in [5.74, 6) is -0.877. The first-order chi connectivity index (χ1) is 5.88. The lowest BCUT2D eigenvalue weighted by Crippen LogP contribution is -2.25. The SMILES string of the molecule is CC1=CCC(OC(F)(F)F)C(F)=C1. The molecule has 0 spiro atoms. The van der Waals surface area contributed by atoms with Crippen LogP contribution in [0.5, 0.6) is 0 Å². The Morgan fingerprint density at radius 1 is 1.46 bits per heavy atom. The van der Waals surface area contributed by atoms with Gasteiger partial charge >= 0.3 is 6.36 Å². The monoisotopic (exact) mass is 196 g/mol. The predicted octanol–water partition coefficient (Wildman–Crippen LogP) is 3.09. The van der Waals surface area contributed by atoms with E-state index >= 15 is 0 Å². The van der Waals surface area contributed by atoms with Gasteiger partial charge in [0, 0.05) is 0 Å². The molecule has 0 saturated heterocycles. The molecule has 0 saturated carbocycles. The molecule has 0 fully saturated rings. The molecule has 0 aromatic heterocycles. The van der Waals surface area contributed by atoms with Gasteiger partial charge in [-0.25, -0.2) is 4.39 Å². The normalized spacial score (nSPS) is 23.9. The molecule has 0 bridgehead atoms. The Morgan fingerprint density at radius 2 is 2.08 bits per heavy atom. The van der Waals surface area contributed by atoms with Crippen LogP contribution < -0.4 is 0 Å². The molecule has 5 heteroatoms. The Kier molecular flexibility index (Phi) is 2.75. The lowest BCUT2D eigenvalue weighted by atomic mass is 10.1. The van der Waals surface area contributed by atoms with E-state index in [1.54, 1.807) is 6.92 Å². The third kappa shape index (κ3) is 3.18. The quantitative estimate of drug-likeness (QED) is 0.585. The minimum absolute atomic E-state index is 0.0757. The summed E-state index contributed by atoms with van der Waals surface area (Å²) in [5, 5.41) is 0. The van der Waals surface area contributed by atoms with Crippen molar-refractivity contribution in [2.45, 2.75) is 25.8 Å². The van der Waals surface area contributed by atoms with Gasteiger partial charge in [0.1, 0.15) is 11.9 Å². The van der Waals surface area contributed by atoms with Gasteiger partial charge in [-0.05, 0) is 19.4 Å². The second kappa shape index (κ2) is 3.49. The molecule has 1 atom stereocenters.